The average Bonchev–Trinajstić information content (AvgIpc) is 2.44. The van der Waals surface area contributed by atoms with Crippen molar-refractivity contribution >= 4 is 23.0 Å². The van der Waals surface area contributed by atoms with Gasteiger partial charge in [-0.05, 0) is 44.0 Å². The first-order valence-electron chi connectivity index (χ1n) is 6.98. The summed E-state index contributed by atoms with van der Waals surface area (Å²) in [7, 11) is 0. The van der Waals surface area contributed by atoms with Crippen LogP contribution in [0.5, 0.6) is 0 Å². The lowest BCUT2D eigenvalue weighted by Gasteiger charge is -2.29. The minimum Gasteiger partial charge on any atom is -0.350 e. The number of nitrogens with one attached hydrogen (secondary N) is 1. The second-order valence-corrected chi connectivity index (χ2v) is 6.46. The average molecular weight is 282 g/mol. The standard InChI is InChI=1S/C18H20NO2/c1-17(2,3)19-16(21)18(4,12-20)15-11-7-9-13-8-5-6-10-14(13)15/h5-11H,1-4H3,(H,19,21). The van der Waals surface area contributed by atoms with Gasteiger partial charge in [0.1, 0.15) is 5.41 Å². The van der Waals surface area contributed by atoms with Crippen molar-refractivity contribution in [2.45, 2.75) is 38.6 Å². The molecular weight excluding hydrogens is 262 g/mol. The van der Waals surface area contributed by atoms with E-state index in [4.69, 9.17) is 0 Å². The number of benzene rings is 2. The molecule has 109 valence electrons. The first-order valence-corrected chi connectivity index (χ1v) is 6.98. The molecule has 2 aromatic carbocycles. The zero-order valence-electron chi connectivity index (χ0n) is 12.9. The summed E-state index contributed by atoms with van der Waals surface area (Å²) in [5, 5.41) is 4.77. The minimum absolute atomic E-state index is 0.332. The van der Waals surface area contributed by atoms with Crippen LogP contribution < -0.4 is 5.32 Å². The van der Waals surface area contributed by atoms with Crippen LogP contribution in [0.4, 0.5) is 0 Å². The minimum atomic E-state index is -1.33. The predicted molar refractivity (Wildman–Crippen MR) is 84.9 cm³/mol. The Balaban J connectivity index is 2.58. The van der Waals surface area contributed by atoms with Crippen LogP contribution in [0.1, 0.15) is 33.3 Å². The molecule has 1 atom stereocenters. The van der Waals surface area contributed by atoms with E-state index in [1.165, 1.54) is 0 Å². The Bertz CT molecular complexity index is 680. The number of hydrogen-bond acceptors (Lipinski definition) is 2. The van der Waals surface area contributed by atoms with Crippen LogP contribution in [-0.4, -0.2) is 17.7 Å². The van der Waals surface area contributed by atoms with Gasteiger partial charge in [-0.3, -0.25) is 9.59 Å². The van der Waals surface area contributed by atoms with E-state index >= 15 is 0 Å². The molecule has 0 saturated heterocycles. The summed E-state index contributed by atoms with van der Waals surface area (Å²) >= 11 is 0. The molecule has 1 amide bonds. The maximum absolute atomic E-state index is 12.6. The highest BCUT2D eigenvalue weighted by Crippen LogP contribution is 2.30. The van der Waals surface area contributed by atoms with E-state index in [-0.39, 0.29) is 5.91 Å². The van der Waals surface area contributed by atoms with Crippen LogP contribution in [0.25, 0.3) is 10.8 Å². The molecule has 0 spiro atoms. The van der Waals surface area contributed by atoms with Crippen LogP contribution in [0.3, 0.4) is 0 Å². The third-order valence-corrected chi connectivity index (χ3v) is 3.48. The van der Waals surface area contributed by atoms with Gasteiger partial charge in [-0.25, -0.2) is 0 Å². The van der Waals surface area contributed by atoms with Crippen molar-refractivity contribution < 1.29 is 9.59 Å². The first-order chi connectivity index (χ1) is 9.78. The van der Waals surface area contributed by atoms with Crippen molar-refractivity contribution in [1.29, 1.82) is 0 Å². The second kappa shape index (κ2) is 5.32. The third-order valence-electron chi connectivity index (χ3n) is 3.48. The molecular formula is C18H20NO2. The van der Waals surface area contributed by atoms with Crippen LogP contribution in [0.15, 0.2) is 42.5 Å². The van der Waals surface area contributed by atoms with Crippen molar-refractivity contribution in [3.05, 3.63) is 48.0 Å². The van der Waals surface area contributed by atoms with Gasteiger partial charge < -0.3 is 5.32 Å². The third kappa shape index (κ3) is 2.97. The summed E-state index contributed by atoms with van der Waals surface area (Å²) in [5.74, 6) is -0.332. The van der Waals surface area contributed by atoms with Gasteiger partial charge in [0.2, 0.25) is 12.2 Å². The van der Waals surface area contributed by atoms with Crippen molar-refractivity contribution in [2.75, 3.05) is 0 Å². The van der Waals surface area contributed by atoms with Crippen molar-refractivity contribution in [1.82, 2.24) is 5.32 Å². The van der Waals surface area contributed by atoms with Crippen molar-refractivity contribution in [3.63, 3.8) is 0 Å². The number of rotatable bonds is 3. The zero-order valence-corrected chi connectivity index (χ0v) is 12.9. The van der Waals surface area contributed by atoms with E-state index in [0.717, 1.165) is 10.8 Å². The Morgan fingerprint density at radius 3 is 2.24 bits per heavy atom. The lowest BCUT2D eigenvalue weighted by atomic mass is 9.80. The number of fused-ring (bicyclic) bond motifs is 1. The number of carbonyl (C=O) groups is 1. The molecule has 0 fully saturated rings. The molecule has 2 rings (SSSR count). The van der Waals surface area contributed by atoms with Gasteiger partial charge in [0.25, 0.3) is 0 Å². The Hall–Kier alpha value is -2.16. The van der Waals surface area contributed by atoms with E-state index in [9.17, 15) is 9.59 Å². The monoisotopic (exact) mass is 282 g/mol. The van der Waals surface area contributed by atoms with Crippen LogP contribution >= 0.6 is 0 Å². The lowest BCUT2D eigenvalue weighted by molar-refractivity contribution is -0.125. The highest BCUT2D eigenvalue weighted by molar-refractivity contribution is 6.07. The maximum atomic E-state index is 12.6. The SMILES string of the molecule is CC(C)(C)NC(=O)C(C)([C]=O)c1cccc2ccccc12. The smallest absolute Gasteiger partial charge is 0.238 e. The van der Waals surface area contributed by atoms with Gasteiger partial charge in [-0.2, -0.15) is 0 Å². The molecule has 3 heteroatoms. The number of hydrogen-bond donors (Lipinski definition) is 1. The molecule has 3 nitrogen and oxygen atoms in total. The normalized spacial score (nSPS) is 14.5. The summed E-state index contributed by atoms with van der Waals surface area (Å²) in [5.41, 5.74) is -1.05. The van der Waals surface area contributed by atoms with Gasteiger partial charge in [-0.15, -0.1) is 0 Å². The molecule has 0 saturated carbocycles. The number of carbonyl (C=O) groups excluding carboxylic acids is 2. The van der Waals surface area contributed by atoms with Gasteiger partial charge in [0.15, 0.2) is 0 Å². The van der Waals surface area contributed by atoms with E-state index in [1.54, 1.807) is 6.92 Å². The Kier molecular flexibility index (Phi) is 3.86. The Labute approximate surface area is 125 Å². The quantitative estimate of drug-likeness (QED) is 0.879. The molecule has 0 aliphatic heterocycles. The van der Waals surface area contributed by atoms with Gasteiger partial charge in [0.05, 0.1) is 0 Å². The summed E-state index contributed by atoms with van der Waals surface area (Å²) < 4.78 is 0. The summed E-state index contributed by atoms with van der Waals surface area (Å²) in [4.78, 5) is 24.2. The molecule has 21 heavy (non-hydrogen) atoms. The topological polar surface area (TPSA) is 46.2 Å². The Morgan fingerprint density at radius 2 is 1.62 bits per heavy atom. The summed E-state index contributed by atoms with van der Waals surface area (Å²) in [6.07, 6.45) is 1.95. The fourth-order valence-corrected chi connectivity index (χ4v) is 2.35. The van der Waals surface area contributed by atoms with Gasteiger partial charge in [0, 0.05) is 5.54 Å². The van der Waals surface area contributed by atoms with Crippen LogP contribution in [-0.2, 0) is 15.0 Å². The maximum Gasteiger partial charge on any atom is 0.238 e. The highest BCUT2D eigenvalue weighted by atomic mass is 16.2. The molecule has 1 radical (unpaired) electrons. The van der Waals surface area contributed by atoms with E-state index in [1.807, 2.05) is 69.5 Å². The van der Waals surface area contributed by atoms with Crippen LogP contribution in [0.2, 0.25) is 0 Å². The molecule has 0 aromatic heterocycles. The largest absolute Gasteiger partial charge is 0.350 e. The zero-order chi connectivity index (χ0) is 15.7. The molecule has 1 unspecified atom stereocenters. The molecule has 0 aliphatic carbocycles. The van der Waals surface area contributed by atoms with Gasteiger partial charge >= 0.3 is 0 Å². The Morgan fingerprint density at radius 1 is 1.00 bits per heavy atom. The van der Waals surface area contributed by atoms with Gasteiger partial charge in [-0.1, -0.05) is 42.5 Å². The second-order valence-electron chi connectivity index (χ2n) is 6.46. The molecule has 0 heterocycles. The fraction of sp³-hybridized carbons (Fsp3) is 0.333. The van der Waals surface area contributed by atoms with E-state index in [2.05, 4.69) is 5.32 Å². The lowest BCUT2D eigenvalue weighted by Crippen LogP contribution is -2.50. The van der Waals surface area contributed by atoms with Crippen LogP contribution in [0, 0.1) is 0 Å². The fourth-order valence-electron chi connectivity index (χ4n) is 2.35. The molecule has 0 aliphatic rings. The first kappa shape index (κ1) is 15.2. The van der Waals surface area contributed by atoms with E-state index < -0.39 is 11.0 Å². The van der Waals surface area contributed by atoms with E-state index in [0.29, 0.717) is 5.56 Å². The predicted octanol–water partition coefficient (Wildman–Crippen LogP) is 3.12. The number of amides is 1. The molecule has 0 bridgehead atoms. The molecule has 2 aromatic rings. The van der Waals surface area contributed by atoms with Crippen molar-refractivity contribution in [2.24, 2.45) is 0 Å². The molecule has 1 N–H and O–H groups in total. The van der Waals surface area contributed by atoms with Crippen molar-refractivity contribution in [3.8, 4) is 0 Å². The highest BCUT2D eigenvalue weighted by Gasteiger charge is 2.38. The summed E-state index contributed by atoms with van der Waals surface area (Å²) in [6, 6.07) is 13.4. The summed E-state index contributed by atoms with van der Waals surface area (Å²) in [6.45, 7) is 7.28.